The molecule has 1 aromatic carbocycles. The fourth-order valence-corrected chi connectivity index (χ4v) is 1.80. The van der Waals surface area contributed by atoms with Gasteiger partial charge in [-0.05, 0) is 30.5 Å². The van der Waals surface area contributed by atoms with Crippen molar-refractivity contribution in [2.24, 2.45) is 0 Å². The second kappa shape index (κ2) is 8.32. The van der Waals surface area contributed by atoms with Gasteiger partial charge in [0, 0.05) is 31.7 Å². The van der Waals surface area contributed by atoms with Crippen molar-refractivity contribution in [1.82, 2.24) is 10.6 Å². The first kappa shape index (κ1) is 16.2. The van der Waals surface area contributed by atoms with Crippen LogP contribution < -0.4 is 10.6 Å². The molecule has 0 saturated carbocycles. The van der Waals surface area contributed by atoms with E-state index >= 15 is 0 Å². The molecule has 0 bridgehead atoms. The van der Waals surface area contributed by atoms with Crippen molar-refractivity contribution in [2.75, 3.05) is 6.61 Å². The van der Waals surface area contributed by atoms with Gasteiger partial charge in [-0.15, -0.1) is 0 Å². The van der Waals surface area contributed by atoms with Crippen LogP contribution in [-0.4, -0.2) is 29.6 Å². The van der Waals surface area contributed by atoms with Crippen molar-refractivity contribution < 1.29 is 14.7 Å². The lowest BCUT2D eigenvalue weighted by Gasteiger charge is -2.15. The second-order valence-electron chi connectivity index (χ2n) is 4.70. The van der Waals surface area contributed by atoms with E-state index < -0.39 is 0 Å². The van der Waals surface area contributed by atoms with Crippen LogP contribution in [0, 0.1) is 0 Å². The van der Waals surface area contributed by atoms with Gasteiger partial charge in [-0.1, -0.05) is 19.1 Å². The topological polar surface area (TPSA) is 78.4 Å². The summed E-state index contributed by atoms with van der Waals surface area (Å²) in [4.78, 5) is 22.8. The minimum Gasteiger partial charge on any atom is -0.396 e. The summed E-state index contributed by atoms with van der Waals surface area (Å²) < 4.78 is 0. The third-order valence-corrected chi connectivity index (χ3v) is 3.06. The number of aliphatic hydroxyl groups excluding tert-OH is 1. The molecule has 1 atom stereocenters. The molecule has 0 saturated heterocycles. The highest BCUT2D eigenvalue weighted by Crippen LogP contribution is 2.06. The van der Waals surface area contributed by atoms with Crippen LogP contribution in [0.15, 0.2) is 24.3 Å². The van der Waals surface area contributed by atoms with Gasteiger partial charge in [0.25, 0.3) is 5.91 Å². The fraction of sp³-hybridized carbons (Fsp3) is 0.467. The van der Waals surface area contributed by atoms with E-state index in [9.17, 15) is 9.59 Å². The Balaban J connectivity index is 2.58. The van der Waals surface area contributed by atoms with Crippen LogP contribution in [0.4, 0.5) is 0 Å². The SMILES string of the molecule is CCC(CCO)NC(=O)c1ccc(CNC(C)=O)cc1. The van der Waals surface area contributed by atoms with Crippen LogP contribution in [0.5, 0.6) is 0 Å². The second-order valence-corrected chi connectivity index (χ2v) is 4.70. The lowest BCUT2D eigenvalue weighted by molar-refractivity contribution is -0.119. The van der Waals surface area contributed by atoms with E-state index in [1.807, 2.05) is 19.1 Å². The van der Waals surface area contributed by atoms with Crippen LogP contribution in [-0.2, 0) is 11.3 Å². The average Bonchev–Trinajstić information content (AvgIpc) is 2.45. The average molecular weight is 278 g/mol. The van der Waals surface area contributed by atoms with Gasteiger partial charge < -0.3 is 15.7 Å². The largest absolute Gasteiger partial charge is 0.396 e. The summed E-state index contributed by atoms with van der Waals surface area (Å²) in [6, 6.07) is 7.10. The van der Waals surface area contributed by atoms with Crippen molar-refractivity contribution in [3.8, 4) is 0 Å². The number of carbonyl (C=O) groups is 2. The summed E-state index contributed by atoms with van der Waals surface area (Å²) in [6.07, 6.45) is 1.34. The van der Waals surface area contributed by atoms with E-state index in [4.69, 9.17) is 5.11 Å². The number of aliphatic hydroxyl groups is 1. The van der Waals surface area contributed by atoms with Gasteiger partial charge in [0.05, 0.1) is 0 Å². The Morgan fingerprint density at radius 3 is 2.40 bits per heavy atom. The molecule has 0 aromatic heterocycles. The molecule has 1 rings (SSSR count). The Hall–Kier alpha value is -1.88. The molecule has 0 aliphatic rings. The summed E-state index contributed by atoms with van der Waals surface area (Å²) in [5, 5.41) is 14.5. The van der Waals surface area contributed by atoms with E-state index in [0.29, 0.717) is 18.5 Å². The van der Waals surface area contributed by atoms with E-state index in [1.165, 1.54) is 6.92 Å². The maximum Gasteiger partial charge on any atom is 0.251 e. The van der Waals surface area contributed by atoms with Gasteiger partial charge in [-0.25, -0.2) is 0 Å². The number of rotatable bonds is 7. The Labute approximate surface area is 119 Å². The van der Waals surface area contributed by atoms with Gasteiger partial charge in [0.15, 0.2) is 0 Å². The van der Waals surface area contributed by atoms with Crippen LogP contribution >= 0.6 is 0 Å². The first-order valence-electron chi connectivity index (χ1n) is 6.82. The highest BCUT2D eigenvalue weighted by atomic mass is 16.3. The van der Waals surface area contributed by atoms with Gasteiger partial charge in [-0.2, -0.15) is 0 Å². The molecular formula is C15H22N2O3. The van der Waals surface area contributed by atoms with Crippen LogP contribution in [0.1, 0.15) is 42.6 Å². The summed E-state index contributed by atoms with van der Waals surface area (Å²) >= 11 is 0. The van der Waals surface area contributed by atoms with E-state index in [-0.39, 0.29) is 24.5 Å². The molecule has 2 amide bonds. The summed E-state index contributed by atoms with van der Waals surface area (Å²) in [6.45, 7) is 3.96. The van der Waals surface area contributed by atoms with Crippen LogP contribution in [0.3, 0.4) is 0 Å². The highest BCUT2D eigenvalue weighted by Gasteiger charge is 2.11. The maximum atomic E-state index is 12.0. The zero-order valence-corrected chi connectivity index (χ0v) is 12.0. The Morgan fingerprint density at radius 2 is 1.90 bits per heavy atom. The van der Waals surface area contributed by atoms with Crippen molar-refractivity contribution >= 4 is 11.8 Å². The number of hydrogen-bond acceptors (Lipinski definition) is 3. The first-order valence-corrected chi connectivity index (χ1v) is 6.82. The normalized spacial score (nSPS) is 11.8. The molecule has 5 heteroatoms. The van der Waals surface area contributed by atoms with Crippen molar-refractivity contribution in [1.29, 1.82) is 0 Å². The summed E-state index contributed by atoms with van der Waals surface area (Å²) in [5.74, 6) is -0.224. The zero-order valence-electron chi connectivity index (χ0n) is 12.0. The molecule has 0 heterocycles. The number of nitrogens with one attached hydrogen (secondary N) is 2. The Bertz CT molecular complexity index is 443. The summed E-state index contributed by atoms with van der Waals surface area (Å²) in [7, 11) is 0. The maximum absolute atomic E-state index is 12.0. The molecule has 1 aromatic rings. The third kappa shape index (κ3) is 5.40. The first-order chi connectivity index (χ1) is 9.56. The van der Waals surface area contributed by atoms with E-state index in [0.717, 1.165) is 12.0 Å². The molecule has 3 N–H and O–H groups in total. The molecule has 110 valence electrons. The number of carbonyl (C=O) groups excluding carboxylic acids is 2. The number of amides is 2. The molecule has 0 radical (unpaired) electrons. The lowest BCUT2D eigenvalue weighted by Crippen LogP contribution is -2.35. The van der Waals surface area contributed by atoms with Gasteiger partial charge in [-0.3, -0.25) is 9.59 Å². The van der Waals surface area contributed by atoms with Gasteiger partial charge in [0.2, 0.25) is 5.91 Å². The highest BCUT2D eigenvalue weighted by molar-refractivity contribution is 5.94. The van der Waals surface area contributed by atoms with Crippen molar-refractivity contribution in [3.63, 3.8) is 0 Å². The van der Waals surface area contributed by atoms with E-state index in [1.54, 1.807) is 12.1 Å². The molecule has 5 nitrogen and oxygen atoms in total. The molecule has 0 spiro atoms. The van der Waals surface area contributed by atoms with Crippen molar-refractivity contribution in [3.05, 3.63) is 35.4 Å². The van der Waals surface area contributed by atoms with E-state index in [2.05, 4.69) is 10.6 Å². The molecule has 1 unspecified atom stereocenters. The predicted octanol–water partition coefficient (Wildman–Crippen LogP) is 1.21. The lowest BCUT2D eigenvalue weighted by atomic mass is 10.1. The van der Waals surface area contributed by atoms with Crippen LogP contribution in [0.2, 0.25) is 0 Å². The van der Waals surface area contributed by atoms with Crippen LogP contribution in [0.25, 0.3) is 0 Å². The molecular weight excluding hydrogens is 256 g/mol. The molecule has 0 aliphatic carbocycles. The zero-order chi connectivity index (χ0) is 15.0. The van der Waals surface area contributed by atoms with Gasteiger partial charge >= 0.3 is 0 Å². The molecule has 0 fully saturated rings. The Morgan fingerprint density at radius 1 is 1.25 bits per heavy atom. The number of hydrogen-bond donors (Lipinski definition) is 3. The smallest absolute Gasteiger partial charge is 0.251 e. The standard InChI is InChI=1S/C15H22N2O3/c1-3-14(8-9-18)17-15(20)13-6-4-12(5-7-13)10-16-11(2)19/h4-7,14,18H,3,8-10H2,1-2H3,(H,16,19)(H,17,20). The minimum absolute atomic E-state index is 0.00782. The third-order valence-electron chi connectivity index (χ3n) is 3.06. The summed E-state index contributed by atoms with van der Waals surface area (Å²) in [5.41, 5.74) is 1.52. The molecule has 20 heavy (non-hydrogen) atoms. The quantitative estimate of drug-likeness (QED) is 0.701. The Kier molecular flexibility index (Phi) is 6.73. The molecule has 0 aliphatic heterocycles. The fourth-order valence-electron chi connectivity index (χ4n) is 1.80. The minimum atomic E-state index is -0.142. The van der Waals surface area contributed by atoms with Crippen molar-refractivity contribution in [2.45, 2.75) is 39.3 Å². The number of benzene rings is 1. The predicted molar refractivity (Wildman–Crippen MR) is 77.2 cm³/mol. The monoisotopic (exact) mass is 278 g/mol. The van der Waals surface area contributed by atoms with Gasteiger partial charge in [0.1, 0.15) is 0 Å².